The van der Waals surface area contributed by atoms with Crippen molar-refractivity contribution >= 4 is 10.4 Å². The van der Waals surface area contributed by atoms with Crippen LogP contribution in [0.5, 0.6) is 23.0 Å². The lowest BCUT2D eigenvalue weighted by molar-refractivity contribution is -0.0427. The molecule has 0 unspecified atom stereocenters. The van der Waals surface area contributed by atoms with E-state index in [2.05, 4.69) is 36.0 Å². The van der Waals surface area contributed by atoms with Gasteiger partial charge in [-0.05, 0) is 126 Å². The van der Waals surface area contributed by atoms with Crippen LogP contribution in [0, 0.1) is 11.8 Å². The lowest BCUT2D eigenvalue weighted by Gasteiger charge is -2.57. The molecule has 260 valence electrons. The molecule has 8 N–H and O–H groups in total. The maximum absolute atomic E-state index is 10.2. The second kappa shape index (κ2) is 11.7. The number of likely N-dealkylation sites (N-methyl/N-ethyl adjacent to an activating group) is 2. The van der Waals surface area contributed by atoms with Crippen LogP contribution in [0.2, 0.25) is 0 Å². The molecular formula is C34H48N2O10S. The molecule has 13 heteroatoms. The minimum atomic E-state index is -4.67. The van der Waals surface area contributed by atoms with Crippen LogP contribution >= 0.6 is 0 Å². The van der Waals surface area contributed by atoms with E-state index in [1.54, 1.807) is 0 Å². The van der Waals surface area contributed by atoms with Crippen molar-refractivity contribution in [3.8, 4) is 23.0 Å². The molecule has 0 amide bonds. The van der Waals surface area contributed by atoms with Gasteiger partial charge < -0.3 is 40.4 Å². The third kappa shape index (κ3) is 4.87. The summed E-state index contributed by atoms with van der Waals surface area (Å²) >= 11 is 0. The van der Waals surface area contributed by atoms with E-state index in [-0.39, 0.29) is 21.8 Å². The van der Waals surface area contributed by atoms with Crippen molar-refractivity contribution in [1.82, 2.24) is 9.80 Å². The normalized spacial score (nSPS) is 36.3. The lowest BCUT2D eigenvalue weighted by atomic mass is 9.52. The molecule has 4 aliphatic heterocycles. The van der Waals surface area contributed by atoms with Gasteiger partial charge >= 0.3 is 10.4 Å². The quantitative estimate of drug-likeness (QED) is 0.300. The minimum Gasteiger partial charge on any atom is -0.504 e. The summed E-state index contributed by atoms with van der Waals surface area (Å²) < 4.78 is 44.1. The Hall–Kier alpha value is -2.65. The Kier molecular flexibility index (Phi) is 8.55. The molecule has 0 radical (unpaired) electrons. The second-order valence-corrected chi connectivity index (χ2v) is 15.6. The third-order valence-corrected chi connectivity index (χ3v) is 13.0. The molecule has 47 heavy (non-hydrogen) atoms. The highest BCUT2D eigenvalue weighted by atomic mass is 32.3. The highest BCUT2D eigenvalue weighted by molar-refractivity contribution is 7.79. The van der Waals surface area contributed by atoms with Crippen LogP contribution in [0.3, 0.4) is 0 Å². The summed E-state index contributed by atoms with van der Waals surface area (Å²) in [7, 11) is -0.105. The molecule has 4 aliphatic carbocycles. The van der Waals surface area contributed by atoms with E-state index < -0.39 is 10.4 Å². The number of ether oxygens (including phenoxy) is 2. The number of hydrogen-bond acceptors (Lipinski definition) is 8. The molecular weight excluding hydrogens is 628 g/mol. The molecule has 2 aromatic rings. The van der Waals surface area contributed by atoms with Gasteiger partial charge in [-0.2, -0.15) is 8.42 Å². The smallest absolute Gasteiger partial charge is 0.394 e. The van der Waals surface area contributed by atoms with Gasteiger partial charge in [-0.1, -0.05) is 12.1 Å². The van der Waals surface area contributed by atoms with Crippen molar-refractivity contribution in [3.05, 3.63) is 46.5 Å². The number of piperidine rings is 2. The van der Waals surface area contributed by atoms with Gasteiger partial charge in [-0.3, -0.25) is 9.11 Å². The second-order valence-electron chi connectivity index (χ2n) is 14.7. The van der Waals surface area contributed by atoms with Crippen LogP contribution in [0.4, 0.5) is 0 Å². The fraction of sp³-hybridized carbons (Fsp3) is 0.647. The average molecular weight is 677 g/mol. The molecule has 2 saturated heterocycles. The number of likely N-dealkylation sites (tertiary alicyclic amines) is 2. The van der Waals surface area contributed by atoms with E-state index in [0.717, 1.165) is 62.1 Å². The standard InChI is InChI=1S/2C17H21NO2.H2O4S.2H2O/c2*1-18-8-7-17-11-3-2-4-14(17)20-16-13(19)6-5-10(15(16)17)9-12(11)18;1-5(2,3)4;;/h2*5-6,11-12,14,19H,2-4,7-9H2,1H3;(H2,1,2,3,4);2*1H2/t2*11-,12+,14-,17+;;;/m00.../s1. The zero-order valence-electron chi connectivity index (χ0n) is 27.0. The Bertz CT molecular complexity index is 1540. The summed E-state index contributed by atoms with van der Waals surface area (Å²) in [6.07, 6.45) is 12.7. The van der Waals surface area contributed by atoms with Gasteiger partial charge in [-0.25, -0.2) is 0 Å². The fourth-order valence-electron chi connectivity index (χ4n) is 11.4. The molecule has 8 atom stereocenters. The number of benzene rings is 2. The van der Waals surface area contributed by atoms with Gasteiger partial charge in [0.15, 0.2) is 23.0 Å². The molecule has 2 aromatic carbocycles. The van der Waals surface area contributed by atoms with E-state index in [1.165, 1.54) is 60.8 Å². The van der Waals surface area contributed by atoms with Crippen molar-refractivity contribution in [2.24, 2.45) is 11.8 Å². The molecule has 2 saturated carbocycles. The van der Waals surface area contributed by atoms with Crippen molar-refractivity contribution in [3.63, 3.8) is 0 Å². The van der Waals surface area contributed by atoms with Crippen LogP contribution in [0.25, 0.3) is 0 Å². The van der Waals surface area contributed by atoms with Gasteiger partial charge in [0, 0.05) is 34.0 Å². The Balaban J connectivity index is 0.000000139. The summed E-state index contributed by atoms with van der Waals surface area (Å²) in [6.45, 7) is 2.32. The number of phenols is 2. The van der Waals surface area contributed by atoms with Gasteiger partial charge in [0.1, 0.15) is 12.2 Å². The molecule has 4 heterocycles. The Morgan fingerprint density at radius 2 is 1.09 bits per heavy atom. The predicted octanol–water partition coefficient (Wildman–Crippen LogP) is 2.60. The van der Waals surface area contributed by atoms with E-state index >= 15 is 0 Å². The number of rotatable bonds is 0. The van der Waals surface area contributed by atoms with Crippen molar-refractivity contribution in [1.29, 1.82) is 0 Å². The summed E-state index contributed by atoms with van der Waals surface area (Å²) in [4.78, 5) is 5.12. The molecule has 2 spiro atoms. The van der Waals surface area contributed by atoms with Crippen molar-refractivity contribution in [2.45, 2.75) is 99.3 Å². The Morgan fingerprint density at radius 3 is 1.47 bits per heavy atom. The molecule has 4 fully saturated rings. The van der Waals surface area contributed by atoms with Crippen molar-refractivity contribution < 1.29 is 48.2 Å². The first-order valence-corrected chi connectivity index (χ1v) is 18.0. The third-order valence-electron chi connectivity index (χ3n) is 13.0. The van der Waals surface area contributed by atoms with Gasteiger partial charge in [0.25, 0.3) is 0 Å². The van der Waals surface area contributed by atoms with Crippen molar-refractivity contribution in [2.75, 3.05) is 27.2 Å². The van der Waals surface area contributed by atoms with E-state index in [1.807, 2.05) is 12.1 Å². The summed E-state index contributed by atoms with van der Waals surface area (Å²) in [6, 6.07) is 9.27. The maximum atomic E-state index is 10.2. The zero-order valence-corrected chi connectivity index (χ0v) is 27.8. The van der Waals surface area contributed by atoms with Gasteiger partial charge in [0.2, 0.25) is 0 Å². The number of aromatic hydroxyl groups is 2. The molecule has 12 nitrogen and oxygen atoms in total. The minimum absolute atomic E-state index is 0. The number of hydrogen-bond donors (Lipinski definition) is 4. The lowest BCUT2D eigenvalue weighted by Crippen LogP contribution is -2.63. The summed E-state index contributed by atoms with van der Waals surface area (Å²) in [5.41, 5.74) is 6.03. The zero-order chi connectivity index (χ0) is 31.5. The van der Waals surface area contributed by atoms with Gasteiger partial charge in [-0.15, -0.1) is 0 Å². The predicted molar refractivity (Wildman–Crippen MR) is 174 cm³/mol. The monoisotopic (exact) mass is 676 g/mol. The number of phenolic OH excluding ortho intramolecular Hbond substituents is 2. The first-order valence-electron chi connectivity index (χ1n) is 16.6. The summed E-state index contributed by atoms with van der Waals surface area (Å²) in [5, 5.41) is 20.4. The van der Waals surface area contributed by atoms with Crippen LogP contribution < -0.4 is 9.47 Å². The first kappa shape index (κ1) is 34.2. The van der Waals surface area contributed by atoms with Crippen LogP contribution in [-0.2, 0) is 34.1 Å². The molecule has 0 aromatic heterocycles. The number of nitrogens with zero attached hydrogens (tertiary/aromatic N) is 2. The highest BCUT2D eigenvalue weighted by Gasteiger charge is 2.64. The maximum Gasteiger partial charge on any atom is 0.394 e. The van der Waals surface area contributed by atoms with E-state index in [9.17, 15) is 10.2 Å². The Labute approximate surface area is 275 Å². The molecule has 4 bridgehead atoms. The largest absolute Gasteiger partial charge is 0.504 e. The van der Waals surface area contributed by atoms with Crippen LogP contribution in [0.1, 0.15) is 73.6 Å². The highest BCUT2D eigenvalue weighted by Crippen LogP contribution is 2.65. The fourth-order valence-corrected chi connectivity index (χ4v) is 11.4. The topological polar surface area (TPSA) is 203 Å². The van der Waals surface area contributed by atoms with Gasteiger partial charge in [0.05, 0.1) is 0 Å². The summed E-state index contributed by atoms with van der Waals surface area (Å²) in [5.74, 6) is 3.78. The van der Waals surface area contributed by atoms with Crippen LogP contribution in [-0.4, -0.2) is 100.0 Å². The molecule has 10 rings (SSSR count). The Morgan fingerprint density at radius 1 is 0.702 bits per heavy atom. The van der Waals surface area contributed by atoms with E-state index in [4.69, 9.17) is 27.0 Å². The molecule has 8 aliphatic rings. The average Bonchev–Trinajstić information content (AvgIpc) is 3.52. The van der Waals surface area contributed by atoms with Crippen LogP contribution in [0.15, 0.2) is 24.3 Å². The van der Waals surface area contributed by atoms with E-state index in [0.29, 0.717) is 35.8 Å². The first-order chi connectivity index (χ1) is 21.4. The SMILES string of the molecule is CN1CC[C@]23c4c5ccc(O)c4O[C@H]2CCC[C@H]3[C@H]1C5.CN1CC[C@]23c4c5ccc(O)c4O[C@H]2CCC[C@H]3[C@H]1C5.O.O.O=S(=O)(O)O.